The zero-order valence-corrected chi connectivity index (χ0v) is 8.87. The highest BCUT2D eigenvalue weighted by Crippen LogP contribution is 2.38. The largest absolute Gasteiger partial charge is 0.327 e. The van der Waals surface area contributed by atoms with Crippen LogP contribution in [0.1, 0.15) is 39.0 Å². The number of hydrogen-bond acceptors (Lipinski definition) is 2. The van der Waals surface area contributed by atoms with Crippen molar-refractivity contribution in [3.05, 3.63) is 0 Å². The van der Waals surface area contributed by atoms with Crippen LogP contribution in [0.15, 0.2) is 0 Å². The fourth-order valence-electron chi connectivity index (χ4n) is 3.14. The molecule has 2 bridgehead atoms. The molecular weight excluding hydrogens is 160 g/mol. The molecule has 76 valence electrons. The molecule has 0 amide bonds. The molecule has 2 nitrogen and oxygen atoms in total. The van der Waals surface area contributed by atoms with E-state index >= 15 is 0 Å². The van der Waals surface area contributed by atoms with Crippen molar-refractivity contribution >= 4 is 0 Å². The van der Waals surface area contributed by atoms with Crippen LogP contribution < -0.4 is 5.73 Å². The summed E-state index contributed by atoms with van der Waals surface area (Å²) >= 11 is 0. The Morgan fingerprint density at radius 3 is 2.31 bits per heavy atom. The van der Waals surface area contributed by atoms with Gasteiger partial charge in [0.15, 0.2) is 0 Å². The van der Waals surface area contributed by atoms with Gasteiger partial charge < -0.3 is 10.6 Å². The number of nitrogens with zero attached hydrogens (tertiary/aromatic N) is 1. The van der Waals surface area contributed by atoms with Gasteiger partial charge in [0.2, 0.25) is 0 Å². The first-order valence-electron chi connectivity index (χ1n) is 5.70. The van der Waals surface area contributed by atoms with Crippen molar-refractivity contribution in [2.24, 2.45) is 11.7 Å². The van der Waals surface area contributed by atoms with Gasteiger partial charge in [-0.3, -0.25) is 0 Å². The average molecular weight is 182 g/mol. The molecule has 0 aliphatic carbocycles. The molecule has 13 heavy (non-hydrogen) atoms. The van der Waals surface area contributed by atoms with Crippen molar-refractivity contribution in [3.63, 3.8) is 0 Å². The van der Waals surface area contributed by atoms with Crippen LogP contribution in [0.25, 0.3) is 0 Å². The molecule has 2 aliphatic rings. The number of piperidine rings is 1. The maximum Gasteiger partial charge on any atom is 0.00989 e. The number of fused-ring (bicyclic) bond motifs is 2. The van der Waals surface area contributed by atoms with E-state index in [4.69, 9.17) is 5.73 Å². The Morgan fingerprint density at radius 1 is 1.31 bits per heavy atom. The molecule has 2 N–H and O–H groups in total. The zero-order valence-electron chi connectivity index (χ0n) is 8.87. The molecule has 0 saturated carbocycles. The highest BCUT2D eigenvalue weighted by Gasteiger charge is 2.39. The van der Waals surface area contributed by atoms with Gasteiger partial charge in [-0.05, 0) is 45.1 Å². The molecule has 2 fully saturated rings. The SMILES string of the molecule is CC[C@@H](N)C1CC2CCC(C1)N2C. The second-order valence-corrected chi connectivity index (χ2v) is 4.85. The second kappa shape index (κ2) is 3.58. The lowest BCUT2D eigenvalue weighted by Crippen LogP contribution is -2.45. The second-order valence-electron chi connectivity index (χ2n) is 4.85. The van der Waals surface area contributed by atoms with Crippen molar-refractivity contribution in [2.45, 2.75) is 57.2 Å². The van der Waals surface area contributed by atoms with Crippen LogP contribution in [0, 0.1) is 5.92 Å². The molecule has 2 heterocycles. The highest BCUT2D eigenvalue weighted by molar-refractivity contribution is 4.95. The van der Waals surface area contributed by atoms with E-state index in [2.05, 4.69) is 18.9 Å². The zero-order chi connectivity index (χ0) is 9.42. The third-order valence-corrected chi connectivity index (χ3v) is 4.21. The standard InChI is InChI=1S/C11H22N2/c1-3-11(12)8-6-9-4-5-10(7-8)13(9)2/h8-11H,3-7,12H2,1-2H3/t8?,9?,10?,11-/m1/s1. The van der Waals surface area contributed by atoms with Crippen LogP contribution in [0.5, 0.6) is 0 Å². The van der Waals surface area contributed by atoms with Crippen LogP contribution in [0.3, 0.4) is 0 Å². The molecule has 2 unspecified atom stereocenters. The fraction of sp³-hybridized carbons (Fsp3) is 1.00. The van der Waals surface area contributed by atoms with Gasteiger partial charge in [0.05, 0.1) is 0 Å². The van der Waals surface area contributed by atoms with E-state index < -0.39 is 0 Å². The molecule has 2 rings (SSSR count). The van der Waals surface area contributed by atoms with Gasteiger partial charge in [-0.15, -0.1) is 0 Å². The van der Waals surface area contributed by atoms with E-state index in [1.54, 1.807) is 0 Å². The van der Waals surface area contributed by atoms with Crippen molar-refractivity contribution in [1.82, 2.24) is 4.90 Å². The molecule has 2 heteroatoms. The van der Waals surface area contributed by atoms with Gasteiger partial charge in [-0.2, -0.15) is 0 Å². The van der Waals surface area contributed by atoms with Crippen molar-refractivity contribution in [1.29, 1.82) is 0 Å². The summed E-state index contributed by atoms with van der Waals surface area (Å²) in [5.74, 6) is 0.804. The Morgan fingerprint density at radius 2 is 1.85 bits per heavy atom. The summed E-state index contributed by atoms with van der Waals surface area (Å²) in [6.07, 6.45) is 6.67. The van der Waals surface area contributed by atoms with Crippen LogP contribution in [-0.4, -0.2) is 30.1 Å². The predicted molar refractivity (Wildman–Crippen MR) is 55.6 cm³/mol. The normalized spacial score (nSPS) is 42.2. The van der Waals surface area contributed by atoms with Crippen LogP contribution in [-0.2, 0) is 0 Å². The number of hydrogen-bond donors (Lipinski definition) is 1. The number of rotatable bonds is 2. The summed E-state index contributed by atoms with van der Waals surface area (Å²) < 4.78 is 0. The van der Waals surface area contributed by atoms with Crippen LogP contribution >= 0.6 is 0 Å². The summed E-state index contributed by atoms with van der Waals surface area (Å²) in [6.45, 7) is 2.21. The van der Waals surface area contributed by atoms with Crippen LogP contribution in [0.2, 0.25) is 0 Å². The Labute approximate surface area is 81.5 Å². The van der Waals surface area contributed by atoms with Crippen LogP contribution in [0.4, 0.5) is 0 Å². The summed E-state index contributed by atoms with van der Waals surface area (Å²) in [5.41, 5.74) is 6.13. The fourth-order valence-corrected chi connectivity index (χ4v) is 3.14. The molecular formula is C11H22N2. The minimum atomic E-state index is 0.455. The topological polar surface area (TPSA) is 29.3 Å². The summed E-state index contributed by atoms with van der Waals surface area (Å²) in [4.78, 5) is 2.58. The molecule has 2 saturated heterocycles. The first-order valence-corrected chi connectivity index (χ1v) is 5.70. The maximum absolute atomic E-state index is 6.13. The molecule has 3 atom stereocenters. The molecule has 0 aromatic carbocycles. The minimum absolute atomic E-state index is 0.455. The maximum atomic E-state index is 6.13. The third-order valence-electron chi connectivity index (χ3n) is 4.21. The van der Waals surface area contributed by atoms with Gasteiger partial charge in [0.1, 0.15) is 0 Å². The Hall–Kier alpha value is -0.0800. The minimum Gasteiger partial charge on any atom is -0.327 e. The summed E-state index contributed by atoms with van der Waals surface area (Å²) in [7, 11) is 2.29. The Bertz CT molecular complexity index is 167. The Balaban J connectivity index is 1.98. The lowest BCUT2D eigenvalue weighted by Gasteiger charge is -2.38. The van der Waals surface area contributed by atoms with E-state index in [9.17, 15) is 0 Å². The van der Waals surface area contributed by atoms with E-state index in [1.807, 2.05) is 0 Å². The van der Waals surface area contributed by atoms with Gasteiger partial charge in [0, 0.05) is 18.1 Å². The van der Waals surface area contributed by atoms with E-state index in [0.29, 0.717) is 6.04 Å². The van der Waals surface area contributed by atoms with E-state index in [-0.39, 0.29) is 0 Å². The van der Waals surface area contributed by atoms with Gasteiger partial charge >= 0.3 is 0 Å². The number of nitrogens with two attached hydrogens (primary N) is 1. The lowest BCUT2D eigenvalue weighted by molar-refractivity contribution is 0.120. The quantitative estimate of drug-likeness (QED) is 0.703. The van der Waals surface area contributed by atoms with Gasteiger partial charge in [0.25, 0.3) is 0 Å². The first-order chi connectivity index (χ1) is 6.22. The average Bonchev–Trinajstić information content (AvgIpc) is 2.42. The predicted octanol–water partition coefficient (Wildman–Crippen LogP) is 1.60. The Kier molecular flexibility index (Phi) is 2.61. The van der Waals surface area contributed by atoms with Gasteiger partial charge in [-0.1, -0.05) is 6.92 Å². The van der Waals surface area contributed by atoms with Gasteiger partial charge in [-0.25, -0.2) is 0 Å². The van der Waals surface area contributed by atoms with E-state index in [1.165, 1.54) is 25.7 Å². The molecule has 0 aromatic rings. The first kappa shape index (κ1) is 9.47. The summed E-state index contributed by atoms with van der Waals surface area (Å²) in [6, 6.07) is 2.15. The molecule has 0 radical (unpaired) electrons. The van der Waals surface area contributed by atoms with Crippen molar-refractivity contribution in [2.75, 3.05) is 7.05 Å². The molecule has 0 aromatic heterocycles. The summed E-state index contributed by atoms with van der Waals surface area (Å²) in [5, 5.41) is 0. The van der Waals surface area contributed by atoms with Crippen molar-refractivity contribution < 1.29 is 0 Å². The van der Waals surface area contributed by atoms with Crippen molar-refractivity contribution in [3.8, 4) is 0 Å². The molecule has 2 aliphatic heterocycles. The smallest absolute Gasteiger partial charge is 0.00989 e. The lowest BCUT2D eigenvalue weighted by atomic mass is 9.84. The highest BCUT2D eigenvalue weighted by atomic mass is 15.2. The monoisotopic (exact) mass is 182 g/mol. The van der Waals surface area contributed by atoms with E-state index in [0.717, 1.165) is 24.4 Å². The third kappa shape index (κ3) is 1.62. The molecule has 0 spiro atoms.